The highest BCUT2D eigenvalue weighted by atomic mass is 35.5. The van der Waals surface area contributed by atoms with Crippen LogP contribution >= 0.6 is 11.6 Å². The van der Waals surface area contributed by atoms with Crippen molar-refractivity contribution in [3.63, 3.8) is 0 Å². The molecule has 1 nitrogen and oxygen atoms in total. The average molecular weight is 286 g/mol. The van der Waals surface area contributed by atoms with Gasteiger partial charge in [-0.25, -0.2) is 0 Å². The molecule has 2 unspecified atom stereocenters. The second kappa shape index (κ2) is 5.99. The van der Waals surface area contributed by atoms with Gasteiger partial charge in [-0.3, -0.25) is 0 Å². The van der Waals surface area contributed by atoms with Crippen LogP contribution < -0.4 is 5.32 Å². The lowest BCUT2D eigenvalue weighted by molar-refractivity contribution is 0.436. The summed E-state index contributed by atoms with van der Waals surface area (Å²) >= 11 is 6.36. The fraction of sp³-hybridized carbons (Fsp3) is 0.333. The lowest BCUT2D eigenvalue weighted by atomic mass is 9.74. The van der Waals surface area contributed by atoms with Crippen molar-refractivity contribution in [3.05, 3.63) is 70.2 Å². The summed E-state index contributed by atoms with van der Waals surface area (Å²) in [6.45, 7) is 3.11. The molecule has 0 aliphatic heterocycles. The van der Waals surface area contributed by atoms with Gasteiger partial charge in [-0.1, -0.05) is 61.0 Å². The lowest BCUT2D eigenvalue weighted by Gasteiger charge is -2.33. The van der Waals surface area contributed by atoms with E-state index in [9.17, 15) is 0 Å². The first kappa shape index (κ1) is 13.7. The summed E-state index contributed by atoms with van der Waals surface area (Å²) in [7, 11) is 0. The van der Waals surface area contributed by atoms with Gasteiger partial charge in [-0.05, 0) is 48.1 Å². The summed E-state index contributed by atoms with van der Waals surface area (Å²) in [4.78, 5) is 0. The van der Waals surface area contributed by atoms with Crippen LogP contribution in [-0.4, -0.2) is 6.54 Å². The number of halogens is 1. The van der Waals surface area contributed by atoms with Gasteiger partial charge in [0.1, 0.15) is 0 Å². The number of benzene rings is 2. The average Bonchev–Trinajstić information content (AvgIpc) is 2.44. The lowest BCUT2D eigenvalue weighted by Crippen LogP contribution is -2.27. The van der Waals surface area contributed by atoms with E-state index >= 15 is 0 Å². The van der Waals surface area contributed by atoms with E-state index in [1.165, 1.54) is 23.1 Å². The second-order valence-corrected chi connectivity index (χ2v) is 5.87. The largest absolute Gasteiger partial charge is 0.310 e. The van der Waals surface area contributed by atoms with Crippen molar-refractivity contribution >= 4 is 11.6 Å². The maximum atomic E-state index is 6.36. The Balaban J connectivity index is 1.78. The predicted octanol–water partition coefficient (Wildman–Crippen LogP) is 4.72. The number of nitrogens with one attached hydrogen (secondary N) is 1. The molecule has 1 N–H and O–H groups in total. The third kappa shape index (κ3) is 2.61. The summed E-state index contributed by atoms with van der Waals surface area (Å²) in [6.07, 6.45) is 2.32. The van der Waals surface area contributed by atoms with Gasteiger partial charge in [-0.2, -0.15) is 0 Å². The Morgan fingerprint density at radius 2 is 1.90 bits per heavy atom. The van der Waals surface area contributed by atoms with E-state index in [0.717, 1.165) is 18.0 Å². The third-order valence-electron chi connectivity index (χ3n) is 4.21. The van der Waals surface area contributed by atoms with Crippen molar-refractivity contribution in [2.45, 2.75) is 31.7 Å². The molecule has 1 aliphatic carbocycles. The monoisotopic (exact) mass is 285 g/mol. The standard InChI is InChI=1S/C18H20ClN/c1-2-20-18(16-9-5-6-10-17(16)19)12-14-11-13-7-3-4-8-15(13)14/h3-10,14,18,20H,2,11-12H2,1H3. The zero-order chi connectivity index (χ0) is 13.9. The van der Waals surface area contributed by atoms with Crippen LogP contribution in [0.4, 0.5) is 0 Å². The van der Waals surface area contributed by atoms with E-state index in [0.29, 0.717) is 12.0 Å². The minimum atomic E-state index is 0.340. The molecule has 1 aliphatic rings. The van der Waals surface area contributed by atoms with Gasteiger partial charge in [0.2, 0.25) is 0 Å². The molecule has 0 spiro atoms. The smallest absolute Gasteiger partial charge is 0.0453 e. The van der Waals surface area contributed by atoms with Gasteiger partial charge in [0.15, 0.2) is 0 Å². The molecule has 2 heteroatoms. The molecule has 0 bridgehead atoms. The summed E-state index contributed by atoms with van der Waals surface area (Å²) in [5.74, 6) is 0.659. The minimum absolute atomic E-state index is 0.340. The van der Waals surface area contributed by atoms with E-state index < -0.39 is 0 Å². The number of hydrogen-bond acceptors (Lipinski definition) is 1. The zero-order valence-corrected chi connectivity index (χ0v) is 12.5. The highest BCUT2D eigenvalue weighted by molar-refractivity contribution is 6.31. The molecular formula is C18H20ClN. The number of rotatable bonds is 5. The van der Waals surface area contributed by atoms with Crippen molar-refractivity contribution < 1.29 is 0 Å². The van der Waals surface area contributed by atoms with E-state index in [1.54, 1.807) is 0 Å². The normalized spacial score (nSPS) is 18.2. The third-order valence-corrected chi connectivity index (χ3v) is 4.56. The molecule has 0 aromatic heterocycles. The topological polar surface area (TPSA) is 12.0 Å². The van der Waals surface area contributed by atoms with Crippen LogP contribution in [0.1, 0.15) is 42.0 Å². The van der Waals surface area contributed by atoms with Crippen LogP contribution in [0.15, 0.2) is 48.5 Å². The molecule has 3 rings (SSSR count). The van der Waals surface area contributed by atoms with Crippen molar-refractivity contribution in [1.82, 2.24) is 5.32 Å². The van der Waals surface area contributed by atoms with Crippen molar-refractivity contribution in [2.24, 2.45) is 0 Å². The van der Waals surface area contributed by atoms with Crippen LogP contribution in [0.3, 0.4) is 0 Å². The molecule has 0 radical (unpaired) electrons. The van der Waals surface area contributed by atoms with Gasteiger partial charge in [-0.15, -0.1) is 0 Å². The quantitative estimate of drug-likeness (QED) is 0.838. The molecule has 0 fully saturated rings. The van der Waals surface area contributed by atoms with Crippen molar-refractivity contribution in [1.29, 1.82) is 0 Å². The maximum Gasteiger partial charge on any atom is 0.0453 e. The van der Waals surface area contributed by atoms with Crippen LogP contribution in [0.25, 0.3) is 0 Å². The molecule has 0 saturated carbocycles. The summed E-state index contributed by atoms with van der Waals surface area (Å²) in [5.41, 5.74) is 4.25. The highest BCUT2D eigenvalue weighted by Crippen LogP contribution is 2.41. The first-order chi connectivity index (χ1) is 9.79. The molecule has 0 amide bonds. The Morgan fingerprint density at radius 3 is 2.65 bits per heavy atom. The van der Waals surface area contributed by atoms with E-state index in [-0.39, 0.29) is 0 Å². The fourth-order valence-electron chi connectivity index (χ4n) is 3.18. The summed E-state index contributed by atoms with van der Waals surface area (Å²) in [5, 5.41) is 4.45. The fourth-order valence-corrected chi connectivity index (χ4v) is 3.45. The molecule has 2 aromatic carbocycles. The minimum Gasteiger partial charge on any atom is -0.310 e. The van der Waals surface area contributed by atoms with Crippen molar-refractivity contribution in [2.75, 3.05) is 6.54 Å². The van der Waals surface area contributed by atoms with Crippen LogP contribution in [0.5, 0.6) is 0 Å². The summed E-state index contributed by atoms with van der Waals surface area (Å²) in [6, 6.07) is 17.3. The number of hydrogen-bond donors (Lipinski definition) is 1. The first-order valence-corrected chi connectivity index (χ1v) is 7.73. The Hall–Kier alpha value is -1.31. The highest BCUT2D eigenvalue weighted by Gasteiger charge is 2.28. The number of fused-ring (bicyclic) bond motifs is 1. The van der Waals surface area contributed by atoms with E-state index in [4.69, 9.17) is 11.6 Å². The summed E-state index contributed by atoms with van der Waals surface area (Å²) < 4.78 is 0. The molecule has 2 atom stereocenters. The maximum absolute atomic E-state index is 6.36. The predicted molar refractivity (Wildman–Crippen MR) is 85.4 cm³/mol. The SMILES string of the molecule is CCNC(CC1Cc2ccccc21)c1ccccc1Cl. The van der Waals surface area contributed by atoms with E-state index in [1.807, 2.05) is 12.1 Å². The zero-order valence-electron chi connectivity index (χ0n) is 11.8. The van der Waals surface area contributed by atoms with Gasteiger partial charge < -0.3 is 5.32 Å². The Kier molecular flexibility index (Phi) is 4.09. The molecule has 104 valence electrons. The Bertz CT molecular complexity index is 593. The molecule has 0 heterocycles. The first-order valence-electron chi connectivity index (χ1n) is 7.35. The molecule has 0 saturated heterocycles. The van der Waals surface area contributed by atoms with E-state index in [2.05, 4.69) is 48.6 Å². The Morgan fingerprint density at radius 1 is 1.15 bits per heavy atom. The van der Waals surface area contributed by atoms with Crippen LogP contribution in [0.2, 0.25) is 5.02 Å². The molecular weight excluding hydrogens is 266 g/mol. The van der Waals surface area contributed by atoms with Gasteiger partial charge in [0.25, 0.3) is 0 Å². The van der Waals surface area contributed by atoms with Crippen molar-refractivity contribution in [3.8, 4) is 0 Å². The van der Waals surface area contributed by atoms with Gasteiger partial charge in [0, 0.05) is 11.1 Å². The van der Waals surface area contributed by atoms with Crippen LogP contribution in [-0.2, 0) is 6.42 Å². The second-order valence-electron chi connectivity index (χ2n) is 5.47. The Labute approximate surface area is 126 Å². The van der Waals surface area contributed by atoms with Gasteiger partial charge >= 0.3 is 0 Å². The molecule has 20 heavy (non-hydrogen) atoms. The van der Waals surface area contributed by atoms with Crippen LogP contribution in [0, 0.1) is 0 Å². The van der Waals surface area contributed by atoms with Gasteiger partial charge in [0.05, 0.1) is 0 Å². The molecule has 2 aromatic rings.